The summed E-state index contributed by atoms with van der Waals surface area (Å²) in [7, 11) is 0.853. The fourth-order valence-corrected chi connectivity index (χ4v) is 3.54. The van der Waals surface area contributed by atoms with Crippen molar-refractivity contribution in [3.63, 3.8) is 0 Å². The highest BCUT2D eigenvalue weighted by Crippen LogP contribution is 2.29. The first kappa shape index (κ1) is 13.8. The van der Waals surface area contributed by atoms with Gasteiger partial charge in [-0.15, -0.1) is 0 Å². The van der Waals surface area contributed by atoms with Gasteiger partial charge in [0.1, 0.15) is 0 Å². The number of hydrogen-bond donors (Lipinski definition) is 3. The van der Waals surface area contributed by atoms with Crippen molar-refractivity contribution < 1.29 is 0 Å². The summed E-state index contributed by atoms with van der Waals surface area (Å²) in [5.41, 5.74) is 4.19. The predicted molar refractivity (Wildman–Crippen MR) is 94.6 cm³/mol. The number of nitrogens with one attached hydrogen (secondary N) is 3. The molecule has 0 radical (unpaired) electrons. The number of allylic oxidation sites excluding steroid dienone is 1. The van der Waals surface area contributed by atoms with Crippen LogP contribution in [0.1, 0.15) is 5.56 Å². The van der Waals surface area contributed by atoms with Crippen molar-refractivity contribution in [1.82, 2.24) is 0 Å². The molecule has 1 heterocycles. The Kier molecular flexibility index (Phi) is 4.32. The van der Waals surface area contributed by atoms with E-state index in [0.717, 1.165) is 31.9 Å². The van der Waals surface area contributed by atoms with Gasteiger partial charge in [0.2, 0.25) is 0 Å². The first-order valence-electron chi connectivity index (χ1n) is 7.02. The number of fused-ring (bicyclic) bond motifs is 1. The van der Waals surface area contributed by atoms with Crippen LogP contribution in [0.5, 0.6) is 0 Å². The second-order valence-corrected chi connectivity index (χ2v) is 6.23. The van der Waals surface area contributed by atoms with Crippen molar-refractivity contribution in [3.8, 4) is 0 Å². The van der Waals surface area contributed by atoms with E-state index in [4.69, 9.17) is 5.41 Å². The van der Waals surface area contributed by atoms with E-state index >= 15 is 0 Å². The average molecular weight is 295 g/mol. The van der Waals surface area contributed by atoms with Gasteiger partial charge in [0.25, 0.3) is 0 Å². The minimum Gasteiger partial charge on any atom is -0.384 e. The summed E-state index contributed by atoms with van der Waals surface area (Å²) in [6, 6.07) is 16.3. The SMILES string of the molecule is N=C/C(=C\Nc1ccccc1)c1cccc2c1NCCP2. The molecular weight excluding hydrogens is 277 g/mol. The molecule has 0 fully saturated rings. The van der Waals surface area contributed by atoms with Crippen LogP contribution in [0.25, 0.3) is 5.57 Å². The predicted octanol–water partition coefficient (Wildman–Crippen LogP) is 3.52. The van der Waals surface area contributed by atoms with Gasteiger partial charge in [-0.2, -0.15) is 0 Å². The molecule has 0 spiro atoms. The third kappa shape index (κ3) is 3.14. The number of benzene rings is 2. The molecule has 3 nitrogen and oxygen atoms in total. The van der Waals surface area contributed by atoms with Crippen LogP contribution in [-0.2, 0) is 0 Å². The van der Waals surface area contributed by atoms with Gasteiger partial charge in [-0.25, -0.2) is 0 Å². The lowest BCUT2D eigenvalue weighted by atomic mass is 10.1. The molecule has 106 valence electrons. The van der Waals surface area contributed by atoms with Gasteiger partial charge in [-0.1, -0.05) is 45.0 Å². The summed E-state index contributed by atoms with van der Waals surface area (Å²) in [6.07, 6.45) is 4.50. The molecule has 0 saturated carbocycles. The molecule has 3 N–H and O–H groups in total. The molecule has 1 aliphatic heterocycles. The lowest BCUT2D eigenvalue weighted by Crippen LogP contribution is -2.19. The normalized spacial score (nSPS) is 15.1. The molecule has 21 heavy (non-hydrogen) atoms. The lowest BCUT2D eigenvalue weighted by Gasteiger charge is -2.21. The Morgan fingerprint density at radius 3 is 2.81 bits per heavy atom. The van der Waals surface area contributed by atoms with Crippen molar-refractivity contribution >= 4 is 37.0 Å². The minimum atomic E-state index is 0.853. The van der Waals surface area contributed by atoms with Gasteiger partial charge in [-0.05, 0) is 23.6 Å². The Bertz CT molecular complexity index is 665. The average Bonchev–Trinajstić information content (AvgIpc) is 2.56. The second-order valence-electron chi connectivity index (χ2n) is 4.84. The number of para-hydroxylation sites is 2. The van der Waals surface area contributed by atoms with Crippen LogP contribution in [0.2, 0.25) is 0 Å². The van der Waals surface area contributed by atoms with Crippen molar-refractivity contribution in [2.24, 2.45) is 0 Å². The summed E-state index contributed by atoms with van der Waals surface area (Å²) in [4.78, 5) is 0. The van der Waals surface area contributed by atoms with Gasteiger partial charge < -0.3 is 16.0 Å². The Hall–Kier alpha value is -2.12. The smallest absolute Gasteiger partial charge is 0.0496 e. The Balaban J connectivity index is 1.91. The number of rotatable bonds is 4. The Labute approximate surface area is 126 Å². The van der Waals surface area contributed by atoms with E-state index in [1.165, 1.54) is 23.4 Å². The molecular formula is C17H18N3P. The molecule has 0 aromatic heterocycles. The molecule has 1 unspecified atom stereocenters. The van der Waals surface area contributed by atoms with Crippen LogP contribution in [0, 0.1) is 5.41 Å². The molecule has 4 heteroatoms. The highest BCUT2D eigenvalue weighted by atomic mass is 31.1. The van der Waals surface area contributed by atoms with Gasteiger partial charge in [0.15, 0.2) is 0 Å². The van der Waals surface area contributed by atoms with E-state index in [9.17, 15) is 0 Å². The quantitative estimate of drug-likeness (QED) is 0.597. The zero-order valence-electron chi connectivity index (χ0n) is 11.7. The standard InChI is InChI=1S/C17H18N3P/c18-11-13(12-20-14-5-2-1-3-6-14)15-7-4-8-16-17(15)19-9-10-21-16/h1-8,11-12,18-21H,9-10H2/b13-12+,18-11?. The van der Waals surface area contributed by atoms with Gasteiger partial charge in [0.05, 0.1) is 0 Å². The molecule has 1 atom stereocenters. The van der Waals surface area contributed by atoms with Gasteiger partial charge >= 0.3 is 0 Å². The molecule has 0 bridgehead atoms. The van der Waals surface area contributed by atoms with Crippen molar-refractivity contribution in [2.45, 2.75) is 0 Å². The van der Waals surface area contributed by atoms with Crippen molar-refractivity contribution in [2.75, 3.05) is 23.3 Å². The van der Waals surface area contributed by atoms with E-state index in [1.54, 1.807) is 0 Å². The first-order chi connectivity index (χ1) is 10.4. The zero-order chi connectivity index (χ0) is 14.5. The minimum absolute atomic E-state index is 0.853. The molecule has 2 aromatic carbocycles. The number of hydrogen-bond acceptors (Lipinski definition) is 3. The molecule has 0 amide bonds. The van der Waals surface area contributed by atoms with E-state index in [-0.39, 0.29) is 0 Å². The first-order valence-corrected chi connectivity index (χ1v) is 8.22. The molecule has 0 aliphatic carbocycles. The topological polar surface area (TPSA) is 47.9 Å². The maximum absolute atomic E-state index is 7.72. The Morgan fingerprint density at radius 2 is 2.00 bits per heavy atom. The summed E-state index contributed by atoms with van der Waals surface area (Å²) in [5.74, 6) is 0. The van der Waals surface area contributed by atoms with Crippen LogP contribution in [0.3, 0.4) is 0 Å². The third-order valence-electron chi connectivity index (χ3n) is 3.44. The highest BCUT2D eigenvalue weighted by molar-refractivity contribution is 7.47. The van der Waals surface area contributed by atoms with Crippen LogP contribution in [0.15, 0.2) is 54.7 Å². The fourth-order valence-electron chi connectivity index (χ4n) is 2.41. The summed E-state index contributed by atoms with van der Waals surface area (Å²) < 4.78 is 0. The third-order valence-corrected chi connectivity index (χ3v) is 4.74. The maximum Gasteiger partial charge on any atom is 0.0496 e. The van der Waals surface area contributed by atoms with Crippen LogP contribution in [0.4, 0.5) is 11.4 Å². The van der Waals surface area contributed by atoms with E-state index in [2.05, 4.69) is 28.8 Å². The lowest BCUT2D eigenvalue weighted by molar-refractivity contribution is 1.21. The zero-order valence-corrected chi connectivity index (χ0v) is 12.7. The summed E-state index contributed by atoms with van der Waals surface area (Å²) in [5, 5.41) is 15.8. The second kappa shape index (κ2) is 6.55. The van der Waals surface area contributed by atoms with E-state index < -0.39 is 0 Å². The largest absolute Gasteiger partial charge is 0.384 e. The van der Waals surface area contributed by atoms with Gasteiger partial charge in [0, 0.05) is 41.5 Å². The van der Waals surface area contributed by atoms with Crippen molar-refractivity contribution in [3.05, 3.63) is 60.3 Å². The fraction of sp³-hybridized carbons (Fsp3) is 0.118. The molecule has 2 aromatic rings. The molecule has 1 aliphatic rings. The van der Waals surface area contributed by atoms with Crippen LogP contribution >= 0.6 is 8.58 Å². The van der Waals surface area contributed by atoms with Crippen LogP contribution in [-0.4, -0.2) is 18.9 Å². The molecule has 3 rings (SSSR count). The Morgan fingerprint density at radius 1 is 1.14 bits per heavy atom. The highest BCUT2D eigenvalue weighted by Gasteiger charge is 2.13. The van der Waals surface area contributed by atoms with E-state index in [0.29, 0.717) is 0 Å². The van der Waals surface area contributed by atoms with Crippen LogP contribution < -0.4 is 15.9 Å². The van der Waals surface area contributed by atoms with Gasteiger partial charge in [-0.3, -0.25) is 0 Å². The number of anilines is 2. The van der Waals surface area contributed by atoms with E-state index in [1.807, 2.05) is 36.5 Å². The maximum atomic E-state index is 7.72. The summed E-state index contributed by atoms with van der Waals surface area (Å²) >= 11 is 0. The monoisotopic (exact) mass is 295 g/mol. The molecule has 0 saturated heterocycles. The summed E-state index contributed by atoms with van der Waals surface area (Å²) in [6.45, 7) is 1.01. The van der Waals surface area contributed by atoms with Crippen molar-refractivity contribution in [1.29, 1.82) is 5.41 Å².